The summed E-state index contributed by atoms with van der Waals surface area (Å²) in [6.45, 7) is 0. The molecule has 0 N–H and O–H groups in total. The summed E-state index contributed by atoms with van der Waals surface area (Å²) in [7, 11) is 3.54. The Morgan fingerprint density at radius 2 is 1.96 bits per heavy atom. The number of anilines is 1. The lowest BCUT2D eigenvalue weighted by molar-refractivity contribution is 0.0984. The molecule has 0 aliphatic carbocycles. The Hall–Kier alpha value is -2.74. The highest BCUT2D eigenvalue weighted by molar-refractivity contribution is 7.98. The van der Waals surface area contributed by atoms with Gasteiger partial charge in [0.1, 0.15) is 11.5 Å². The number of carbonyl (C=O) groups is 1. The first kappa shape index (κ1) is 16.1. The van der Waals surface area contributed by atoms with Gasteiger partial charge in [-0.25, -0.2) is 15.0 Å². The van der Waals surface area contributed by atoms with Crippen molar-refractivity contribution >= 4 is 23.4 Å². The molecule has 7 nitrogen and oxygen atoms in total. The van der Waals surface area contributed by atoms with Crippen LogP contribution in [0, 0.1) is 0 Å². The standard InChI is InChI=1S/C16H16N6OS/c1-21(12-5-3-6-17-9-12)15(23)13-10-20-16(22(13)2)24-11-14-18-7-4-8-19-14/h3-10H,11H2,1-2H3. The van der Waals surface area contributed by atoms with Crippen LogP contribution in [0.15, 0.2) is 54.3 Å². The van der Waals surface area contributed by atoms with E-state index in [2.05, 4.69) is 19.9 Å². The maximum Gasteiger partial charge on any atom is 0.276 e. The fourth-order valence-electron chi connectivity index (χ4n) is 2.10. The van der Waals surface area contributed by atoms with E-state index in [0.717, 1.165) is 16.7 Å². The van der Waals surface area contributed by atoms with Crippen LogP contribution in [-0.4, -0.2) is 37.5 Å². The highest BCUT2D eigenvalue weighted by Crippen LogP contribution is 2.22. The molecule has 24 heavy (non-hydrogen) atoms. The van der Waals surface area contributed by atoms with Crippen LogP contribution < -0.4 is 4.90 Å². The van der Waals surface area contributed by atoms with Crippen LogP contribution >= 0.6 is 11.8 Å². The minimum Gasteiger partial charge on any atom is -0.318 e. The van der Waals surface area contributed by atoms with E-state index in [4.69, 9.17) is 0 Å². The number of rotatable bonds is 5. The molecule has 0 bridgehead atoms. The van der Waals surface area contributed by atoms with E-state index in [1.807, 2.05) is 13.1 Å². The van der Waals surface area contributed by atoms with Crippen LogP contribution in [0.2, 0.25) is 0 Å². The molecule has 8 heteroatoms. The van der Waals surface area contributed by atoms with E-state index >= 15 is 0 Å². The first-order valence-corrected chi connectivity index (χ1v) is 8.24. The predicted molar refractivity (Wildman–Crippen MR) is 91.8 cm³/mol. The van der Waals surface area contributed by atoms with Gasteiger partial charge in [-0.2, -0.15) is 0 Å². The number of imidazole rings is 1. The van der Waals surface area contributed by atoms with Gasteiger partial charge in [0.2, 0.25) is 0 Å². The fraction of sp³-hybridized carbons (Fsp3) is 0.188. The lowest BCUT2D eigenvalue weighted by atomic mass is 10.3. The summed E-state index contributed by atoms with van der Waals surface area (Å²) in [6.07, 6.45) is 8.32. The van der Waals surface area contributed by atoms with E-state index in [9.17, 15) is 4.79 Å². The van der Waals surface area contributed by atoms with Gasteiger partial charge in [0.25, 0.3) is 5.91 Å². The van der Waals surface area contributed by atoms with Crippen molar-refractivity contribution in [2.24, 2.45) is 7.05 Å². The van der Waals surface area contributed by atoms with Crippen LogP contribution in [0.4, 0.5) is 5.69 Å². The number of aromatic nitrogens is 5. The number of carbonyl (C=O) groups excluding carboxylic acids is 1. The molecule has 0 saturated carbocycles. The van der Waals surface area contributed by atoms with Crippen molar-refractivity contribution in [1.82, 2.24) is 24.5 Å². The van der Waals surface area contributed by atoms with Crippen molar-refractivity contribution < 1.29 is 4.79 Å². The van der Waals surface area contributed by atoms with Crippen molar-refractivity contribution in [2.75, 3.05) is 11.9 Å². The first-order chi connectivity index (χ1) is 11.7. The van der Waals surface area contributed by atoms with Crippen LogP contribution in [0.3, 0.4) is 0 Å². The molecule has 0 unspecified atom stereocenters. The average Bonchev–Trinajstić information content (AvgIpc) is 3.01. The van der Waals surface area contributed by atoms with Gasteiger partial charge >= 0.3 is 0 Å². The third-order valence-electron chi connectivity index (χ3n) is 3.45. The zero-order valence-electron chi connectivity index (χ0n) is 13.3. The molecule has 0 radical (unpaired) electrons. The Labute approximate surface area is 143 Å². The maximum absolute atomic E-state index is 12.7. The number of hydrogen-bond acceptors (Lipinski definition) is 6. The average molecular weight is 340 g/mol. The zero-order chi connectivity index (χ0) is 16.9. The molecule has 0 aliphatic heterocycles. The predicted octanol–water partition coefficient (Wildman–Crippen LogP) is 2.17. The number of hydrogen-bond donors (Lipinski definition) is 0. The second-order valence-electron chi connectivity index (χ2n) is 5.01. The summed E-state index contributed by atoms with van der Waals surface area (Å²) in [4.78, 5) is 30.9. The van der Waals surface area contributed by atoms with E-state index in [-0.39, 0.29) is 5.91 Å². The third kappa shape index (κ3) is 3.43. The molecule has 3 rings (SSSR count). The second-order valence-corrected chi connectivity index (χ2v) is 5.96. The normalized spacial score (nSPS) is 10.6. The second kappa shape index (κ2) is 7.22. The minimum absolute atomic E-state index is 0.138. The number of amides is 1. The Kier molecular flexibility index (Phi) is 4.85. The van der Waals surface area contributed by atoms with Gasteiger partial charge in [-0.3, -0.25) is 9.78 Å². The summed E-state index contributed by atoms with van der Waals surface area (Å²) < 4.78 is 1.78. The van der Waals surface area contributed by atoms with Crippen molar-refractivity contribution in [3.63, 3.8) is 0 Å². The van der Waals surface area contributed by atoms with Crippen molar-refractivity contribution in [3.05, 3.63) is 60.7 Å². The van der Waals surface area contributed by atoms with Gasteiger partial charge in [0, 0.05) is 32.7 Å². The lowest BCUT2D eigenvalue weighted by Gasteiger charge is -2.16. The highest BCUT2D eigenvalue weighted by atomic mass is 32.2. The van der Waals surface area contributed by atoms with E-state index < -0.39 is 0 Å². The first-order valence-electron chi connectivity index (χ1n) is 7.25. The Bertz CT molecular complexity index is 821. The van der Waals surface area contributed by atoms with Gasteiger partial charge in [-0.15, -0.1) is 0 Å². The number of nitrogens with zero attached hydrogens (tertiary/aromatic N) is 6. The molecular formula is C16H16N6OS. The van der Waals surface area contributed by atoms with E-state index in [1.54, 1.807) is 59.6 Å². The minimum atomic E-state index is -0.138. The van der Waals surface area contributed by atoms with Gasteiger partial charge < -0.3 is 9.47 Å². The highest BCUT2D eigenvalue weighted by Gasteiger charge is 2.19. The molecule has 3 aromatic heterocycles. The molecule has 0 spiro atoms. The van der Waals surface area contributed by atoms with Crippen LogP contribution in [0.1, 0.15) is 16.3 Å². The molecule has 3 aromatic rings. The van der Waals surface area contributed by atoms with Gasteiger partial charge in [-0.05, 0) is 18.2 Å². The molecular weight excluding hydrogens is 324 g/mol. The van der Waals surface area contributed by atoms with Gasteiger partial charge in [0.15, 0.2) is 5.16 Å². The largest absolute Gasteiger partial charge is 0.318 e. The Morgan fingerprint density at radius 1 is 1.17 bits per heavy atom. The van der Waals surface area contributed by atoms with Crippen molar-refractivity contribution in [3.8, 4) is 0 Å². The van der Waals surface area contributed by atoms with Gasteiger partial charge in [0.05, 0.1) is 23.8 Å². The van der Waals surface area contributed by atoms with E-state index in [1.165, 1.54) is 11.8 Å². The number of thioether (sulfide) groups is 1. The summed E-state index contributed by atoms with van der Waals surface area (Å²) in [6, 6.07) is 5.41. The molecule has 122 valence electrons. The van der Waals surface area contributed by atoms with Crippen molar-refractivity contribution in [2.45, 2.75) is 10.9 Å². The van der Waals surface area contributed by atoms with Crippen molar-refractivity contribution in [1.29, 1.82) is 0 Å². The third-order valence-corrected chi connectivity index (χ3v) is 4.49. The Morgan fingerprint density at radius 3 is 2.67 bits per heavy atom. The maximum atomic E-state index is 12.7. The fourth-order valence-corrected chi connectivity index (χ4v) is 2.93. The summed E-state index contributed by atoms with van der Waals surface area (Å²) in [5, 5.41) is 0.741. The number of pyridine rings is 1. The molecule has 0 aromatic carbocycles. The summed E-state index contributed by atoms with van der Waals surface area (Å²) in [5.41, 5.74) is 1.24. The molecule has 1 amide bonds. The summed E-state index contributed by atoms with van der Waals surface area (Å²) >= 11 is 1.49. The van der Waals surface area contributed by atoms with E-state index in [0.29, 0.717) is 11.4 Å². The smallest absolute Gasteiger partial charge is 0.276 e. The zero-order valence-corrected chi connectivity index (χ0v) is 14.1. The molecule has 0 saturated heterocycles. The molecule has 3 heterocycles. The Balaban J connectivity index is 1.73. The topological polar surface area (TPSA) is 76.8 Å². The summed E-state index contributed by atoms with van der Waals surface area (Å²) in [5.74, 6) is 1.18. The lowest BCUT2D eigenvalue weighted by Crippen LogP contribution is -2.28. The molecule has 0 fully saturated rings. The van der Waals surface area contributed by atoms with Crippen LogP contribution in [0.25, 0.3) is 0 Å². The van der Waals surface area contributed by atoms with Gasteiger partial charge in [-0.1, -0.05) is 11.8 Å². The van der Waals surface area contributed by atoms with Crippen LogP contribution in [0.5, 0.6) is 0 Å². The quantitative estimate of drug-likeness (QED) is 0.663. The molecule has 0 atom stereocenters. The SMILES string of the molecule is CN(C(=O)c1cnc(SCc2ncccn2)n1C)c1cccnc1. The molecule has 0 aliphatic rings. The monoisotopic (exact) mass is 340 g/mol. The van der Waals surface area contributed by atoms with Crippen LogP contribution in [-0.2, 0) is 12.8 Å².